The van der Waals surface area contributed by atoms with Crippen LogP contribution < -0.4 is 4.52 Å². The molecule has 5 heteroatoms. The number of hydrogen-bond donors (Lipinski definition) is 0. The predicted molar refractivity (Wildman–Crippen MR) is 53.8 cm³/mol. The van der Waals surface area contributed by atoms with Gasteiger partial charge in [0, 0.05) is 0 Å². The van der Waals surface area contributed by atoms with Gasteiger partial charge in [-0.15, -0.1) is 5.73 Å². The highest BCUT2D eigenvalue weighted by Crippen LogP contribution is 2.54. The molecule has 0 saturated carbocycles. The number of benzene rings is 1. The molecule has 1 heterocycles. The summed E-state index contributed by atoms with van der Waals surface area (Å²) >= 11 is 0. The fourth-order valence-electron chi connectivity index (χ4n) is 1.20. The molecule has 15 heavy (non-hydrogen) atoms. The summed E-state index contributed by atoms with van der Waals surface area (Å²) in [6.07, 6.45) is 0. The molecule has 0 saturated heterocycles. The van der Waals surface area contributed by atoms with Crippen LogP contribution in [-0.2, 0) is 9.09 Å². The van der Waals surface area contributed by atoms with Crippen LogP contribution in [0.4, 0.5) is 0 Å². The topological polar surface area (TPSA) is 52.6 Å². The SMILES string of the molecule is C=C=CP1(=O)OC(=O)c2ccccc2O1. The summed E-state index contributed by atoms with van der Waals surface area (Å²) in [6.45, 7) is 3.26. The van der Waals surface area contributed by atoms with Crippen molar-refractivity contribution in [1.82, 2.24) is 0 Å². The first-order valence-corrected chi connectivity index (χ1v) is 5.75. The lowest BCUT2D eigenvalue weighted by atomic mass is 10.2. The molecule has 0 radical (unpaired) electrons. The molecule has 1 aliphatic heterocycles. The summed E-state index contributed by atoms with van der Waals surface area (Å²) in [5.41, 5.74) is 2.55. The molecule has 0 spiro atoms. The maximum atomic E-state index is 11.8. The summed E-state index contributed by atoms with van der Waals surface area (Å²) < 4.78 is 21.5. The van der Waals surface area contributed by atoms with Gasteiger partial charge < -0.3 is 9.05 Å². The van der Waals surface area contributed by atoms with E-state index in [1.54, 1.807) is 24.3 Å². The molecule has 0 N–H and O–H groups in total. The zero-order chi connectivity index (χ0) is 10.9. The van der Waals surface area contributed by atoms with Crippen LogP contribution in [0.15, 0.2) is 42.4 Å². The zero-order valence-electron chi connectivity index (χ0n) is 7.67. The first kappa shape index (κ1) is 9.78. The highest BCUT2D eigenvalue weighted by molar-refractivity contribution is 7.58. The van der Waals surface area contributed by atoms with Crippen LogP contribution in [0.2, 0.25) is 0 Å². The van der Waals surface area contributed by atoms with E-state index in [0.29, 0.717) is 0 Å². The molecule has 4 nitrogen and oxygen atoms in total. The molecular weight excluding hydrogens is 215 g/mol. The maximum Gasteiger partial charge on any atom is 0.465 e. The van der Waals surface area contributed by atoms with Crippen LogP contribution in [0.5, 0.6) is 5.75 Å². The van der Waals surface area contributed by atoms with Gasteiger partial charge >= 0.3 is 13.6 Å². The van der Waals surface area contributed by atoms with Crippen LogP contribution in [0.25, 0.3) is 0 Å². The quantitative estimate of drug-likeness (QED) is 0.541. The number of fused-ring (bicyclic) bond motifs is 1. The van der Waals surface area contributed by atoms with Crippen molar-refractivity contribution >= 4 is 13.6 Å². The van der Waals surface area contributed by atoms with Crippen LogP contribution in [0.3, 0.4) is 0 Å². The fourth-order valence-corrected chi connectivity index (χ4v) is 2.33. The van der Waals surface area contributed by atoms with E-state index in [0.717, 1.165) is 5.82 Å². The minimum absolute atomic E-state index is 0.253. The van der Waals surface area contributed by atoms with Gasteiger partial charge in [0.15, 0.2) is 0 Å². The summed E-state index contributed by atoms with van der Waals surface area (Å²) in [6, 6.07) is 6.45. The molecule has 1 aliphatic rings. The third kappa shape index (κ3) is 1.73. The van der Waals surface area contributed by atoms with E-state index < -0.39 is 13.6 Å². The van der Waals surface area contributed by atoms with Crippen molar-refractivity contribution in [3.8, 4) is 5.75 Å². The van der Waals surface area contributed by atoms with E-state index in [9.17, 15) is 9.36 Å². The van der Waals surface area contributed by atoms with Crippen LogP contribution in [-0.4, -0.2) is 5.97 Å². The van der Waals surface area contributed by atoms with Gasteiger partial charge in [0.1, 0.15) is 11.3 Å². The van der Waals surface area contributed by atoms with E-state index in [2.05, 4.69) is 16.8 Å². The van der Waals surface area contributed by atoms with Crippen molar-refractivity contribution in [2.24, 2.45) is 0 Å². The van der Waals surface area contributed by atoms with Crippen LogP contribution in [0.1, 0.15) is 10.4 Å². The summed E-state index contributed by atoms with van der Waals surface area (Å²) in [7, 11) is -3.55. The largest absolute Gasteiger partial charge is 0.465 e. The Morgan fingerprint density at radius 1 is 1.33 bits per heavy atom. The Hall–Kier alpha value is -1.76. The number of hydrogen-bond acceptors (Lipinski definition) is 4. The fraction of sp³-hybridized carbons (Fsp3) is 0. The van der Waals surface area contributed by atoms with Crippen molar-refractivity contribution in [3.63, 3.8) is 0 Å². The Morgan fingerprint density at radius 2 is 2.07 bits per heavy atom. The smallest absolute Gasteiger partial charge is 0.412 e. The van der Waals surface area contributed by atoms with Gasteiger partial charge in [-0.25, -0.2) is 9.36 Å². The minimum atomic E-state index is -3.55. The Bertz CT molecular complexity index is 514. The lowest BCUT2D eigenvalue weighted by Crippen LogP contribution is -2.13. The normalized spacial score (nSPS) is 23.1. The summed E-state index contributed by atoms with van der Waals surface area (Å²) in [4.78, 5) is 11.4. The molecular formula is C10H7O4P. The Balaban J connectivity index is 2.51. The van der Waals surface area contributed by atoms with Crippen LogP contribution >= 0.6 is 7.60 Å². The van der Waals surface area contributed by atoms with Gasteiger partial charge in [-0.3, -0.25) is 0 Å². The Kier molecular flexibility index (Phi) is 2.24. The average Bonchev–Trinajstić information content (AvgIpc) is 2.17. The molecule has 0 amide bonds. The van der Waals surface area contributed by atoms with Gasteiger partial charge in [-0.05, 0) is 12.1 Å². The second-order valence-electron chi connectivity index (χ2n) is 2.84. The highest BCUT2D eigenvalue weighted by atomic mass is 31.2. The number of carbonyl (C=O) groups is 1. The van der Waals surface area contributed by atoms with Crippen molar-refractivity contribution in [3.05, 3.63) is 48.0 Å². The first-order valence-electron chi connectivity index (χ1n) is 4.14. The lowest BCUT2D eigenvalue weighted by Gasteiger charge is -2.21. The van der Waals surface area contributed by atoms with Crippen molar-refractivity contribution in [2.45, 2.75) is 0 Å². The van der Waals surface area contributed by atoms with E-state index >= 15 is 0 Å². The molecule has 1 aromatic rings. The Labute approximate surface area is 86.4 Å². The molecule has 1 unspecified atom stereocenters. The van der Waals surface area contributed by atoms with E-state index in [4.69, 9.17) is 4.52 Å². The first-order chi connectivity index (χ1) is 7.14. The third-order valence-corrected chi connectivity index (χ3v) is 3.16. The lowest BCUT2D eigenvalue weighted by molar-refractivity contribution is 0.0702. The molecule has 76 valence electrons. The zero-order valence-corrected chi connectivity index (χ0v) is 8.57. The molecule has 1 atom stereocenters. The highest BCUT2D eigenvalue weighted by Gasteiger charge is 2.35. The third-order valence-electron chi connectivity index (χ3n) is 1.79. The minimum Gasteiger partial charge on any atom is -0.412 e. The van der Waals surface area contributed by atoms with Gasteiger partial charge in [0.2, 0.25) is 0 Å². The van der Waals surface area contributed by atoms with Gasteiger partial charge in [0.05, 0.1) is 5.82 Å². The van der Waals surface area contributed by atoms with Gasteiger partial charge in [-0.2, -0.15) is 0 Å². The van der Waals surface area contributed by atoms with Gasteiger partial charge in [-0.1, -0.05) is 18.7 Å². The number of para-hydroxylation sites is 1. The number of carbonyl (C=O) groups excluding carboxylic acids is 1. The number of rotatable bonds is 1. The van der Waals surface area contributed by atoms with Crippen molar-refractivity contribution < 1.29 is 18.4 Å². The monoisotopic (exact) mass is 222 g/mol. The molecule has 1 aromatic carbocycles. The summed E-state index contributed by atoms with van der Waals surface area (Å²) in [5, 5.41) is 0. The van der Waals surface area contributed by atoms with E-state index in [1.165, 1.54) is 0 Å². The second kappa shape index (κ2) is 3.43. The summed E-state index contributed by atoms with van der Waals surface area (Å²) in [5.74, 6) is 0.621. The van der Waals surface area contributed by atoms with Crippen molar-refractivity contribution in [1.29, 1.82) is 0 Å². The van der Waals surface area contributed by atoms with Crippen molar-refractivity contribution in [2.75, 3.05) is 0 Å². The van der Waals surface area contributed by atoms with Gasteiger partial charge in [0.25, 0.3) is 0 Å². The van der Waals surface area contributed by atoms with E-state index in [1.807, 2.05) is 0 Å². The maximum absolute atomic E-state index is 11.8. The molecule has 0 fully saturated rings. The molecule has 0 aromatic heterocycles. The van der Waals surface area contributed by atoms with Crippen LogP contribution in [0, 0.1) is 0 Å². The molecule has 0 aliphatic carbocycles. The Morgan fingerprint density at radius 3 is 2.80 bits per heavy atom. The predicted octanol–water partition coefficient (Wildman–Crippen LogP) is 2.73. The molecule has 2 rings (SSSR count). The standard InChI is InChI=1S/C10H7O4P/c1-2-7-15(12)13-9-6-4-3-5-8(9)10(11)14-15/h3-7H,1H2. The van der Waals surface area contributed by atoms with E-state index in [-0.39, 0.29) is 11.3 Å². The second-order valence-corrected chi connectivity index (χ2v) is 4.54. The average molecular weight is 222 g/mol. The molecule has 0 bridgehead atoms.